The Kier molecular flexibility index (Phi) is 15.0. The number of pyridine rings is 1. The fraction of sp³-hybridized carbons (Fsp3) is 0.154. The summed E-state index contributed by atoms with van der Waals surface area (Å²) in [7, 11) is -2.92. The van der Waals surface area contributed by atoms with E-state index in [4.69, 9.17) is 9.72 Å². The molecule has 3 aromatic heterocycles. The van der Waals surface area contributed by atoms with Gasteiger partial charge in [-0.1, -0.05) is 262 Å². The third-order valence-electron chi connectivity index (χ3n) is 16.6. The van der Waals surface area contributed by atoms with Gasteiger partial charge < -0.3 is 13.9 Å². The Bertz CT molecular complexity index is 4490. The van der Waals surface area contributed by atoms with Crippen molar-refractivity contribution in [1.82, 2.24) is 14.1 Å². The summed E-state index contributed by atoms with van der Waals surface area (Å²) in [5.74, 6) is 1.98. The number of hydrogen-bond acceptors (Lipinski definition) is 2. The molecule has 13 aromatic rings. The molecule has 0 amide bonds. The minimum Gasteiger partial charge on any atom is -0.510 e. The molecule has 10 aromatic carbocycles. The molecule has 0 spiro atoms. The van der Waals surface area contributed by atoms with Crippen molar-refractivity contribution in [1.29, 1.82) is 0 Å². The first-order valence-corrected chi connectivity index (χ1v) is 31.2. The van der Waals surface area contributed by atoms with E-state index in [9.17, 15) is 0 Å². The van der Waals surface area contributed by atoms with E-state index in [0.29, 0.717) is 11.5 Å². The van der Waals surface area contributed by atoms with Crippen LogP contribution in [-0.4, -0.2) is 22.2 Å². The predicted molar refractivity (Wildman–Crippen MR) is 351 cm³/mol. The van der Waals surface area contributed by atoms with E-state index in [0.717, 1.165) is 72.3 Å². The molecule has 0 aliphatic heterocycles. The molecule has 0 aliphatic rings. The number of nitrogens with zero attached hydrogens (tertiary/aromatic N) is 4. The van der Waals surface area contributed by atoms with Gasteiger partial charge >= 0.3 is 0 Å². The predicted octanol–water partition coefficient (Wildman–Crippen LogP) is 16.2. The molecule has 0 unspecified atom stereocenters. The average molecular weight is 1300 g/mol. The molecule has 13 rings (SSSR count). The van der Waals surface area contributed by atoms with Crippen molar-refractivity contribution < 1.29 is 30.4 Å². The molecule has 0 saturated heterocycles. The third-order valence-corrected chi connectivity index (χ3v) is 21.4. The van der Waals surface area contributed by atoms with E-state index in [1.54, 1.807) is 0 Å². The van der Waals surface area contributed by atoms with Crippen molar-refractivity contribution in [2.45, 2.75) is 78.6 Å². The van der Waals surface area contributed by atoms with Crippen LogP contribution in [0, 0.1) is 18.5 Å². The maximum Gasteiger partial charge on any atom is 0.268 e. The van der Waals surface area contributed by atoms with Gasteiger partial charge in [-0.3, -0.25) is 4.57 Å². The Morgan fingerprint density at radius 2 is 0.965 bits per heavy atom. The molecule has 7 heteroatoms. The third kappa shape index (κ3) is 10.5. The molecule has 85 heavy (non-hydrogen) atoms. The Hall–Kier alpha value is -8.67. The Balaban J connectivity index is 0.00000709. The Morgan fingerprint density at radius 3 is 1.60 bits per heavy atom. The molecular formula is C78H68N4OPtSi-2. The van der Waals surface area contributed by atoms with Gasteiger partial charge in [0.25, 0.3) is 6.33 Å². The molecule has 0 radical (unpaired) electrons. The van der Waals surface area contributed by atoms with Crippen LogP contribution in [-0.2, 0) is 37.3 Å². The second-order valence-corrected chi connectivity index (χ2v) is 29.1. The summed E-state index contributed by atoms with van der Waals surface area (Å²) in [6.07, 6.45) is 5.88. The minimum atomic E-state index is -2.92. The Morgan fingerprint density at radius 1 is 0.435 bits per heavy atom. The number of imidazole rings is 1. The summed E-state index contributed by atoms with van der Waals surface area (Å²) >= 11 is 0. The molecule has 0 atom stereocenters. The smallest absolute Gasteiger partial charge is 0.268 e. The molecule has 0 saturated carbocycles. The summed E-state index contributed by atoms with van der Waals surface area (Å²) in [6.45, 7) is 20.6. The fourth-order valence-electron chi connectivity index (χ4n) is 12.2. The van der Waals surface area contributed by atoms with E-state index in [-0.39, 0.29) is 37.3 Å². The zero-order chi connectivity index (χ0) is 58.0. The minimum absolute atomic E-state index is 0. The van der Waals surface area contributed by atoms with Crippen molar-refractivity contribution in [2.24, 2.45) is 0 Å². The normalized spacial score (nSPS) is 12.2. The van der Waals surface area contributed by atoms with Gasteiger partial charge in [-0.2, -0.15) is 18.2 Å². The topological polar surface area (TPSA) is 35.9 Å². The van der Waals surface area contributed by atoms with Gasteiger partial charge in [-0.05, 0) is 105 Å². The molecule has 0 N–H and O–H groups in total. The first kappa shape index (κ1) is 56.8. The van der Waals surface area contributed by atoms with E-state index in [2.05, 4.69) is 319 Å². The van der Waals surface area contributed by atoms with E-state index >= 15 is 0 Å². The van der Waals surface area contributed by atoms with Crippen molar-refractivity contribution in [2.75, 3.05) is 0 Å². The van der Waals surface area contributed by atoms with Crippen LogP contribution in [0.25, 0.3) is 72.3 Å². The van der Waals surface area contributed by atoms with Gasteiger partial charge in [0.05, 0.1) is 16.7 Å². The average Bonchev–Trinajstić information content (AvgIpc) is 2.39. The molecule has 0 bridgehead atoms. The van der Waals surface area contributed by atoms with Crippen molar-refractivity contribution in [3.05, 3.63) is 284 Å². The monoisotopic (exact) mass is 1300 g/mol. The van der Waals surface area contributed by atoms with Gasteiger partial charge in [0.2, 0.25) is 0 Å². The van der Waals surface area contributed by atoms with Crippen LogP contribution in [0.3, 0.4) is 0 Å². The van der Waals surface area contributed by atoms with E-state index < -0.39 is 8.07 Å². The van der Waals surface area contributed by atoms with Gasteiger partial charge in [-0.25, -0.2) is 4.98 Å². The standard InChI is InChI=1S/C78H68N4OSi.Pt/c1-76(2,3)56-28-23-26-54(46-56)68-48-58(78(7,8)9)49-69(55-27-24-37-65(47-55)84(62-31-13-10-14-32-62,63-33-15-11-16-34-63)64-35-17-12-18-36-64)75(68)81-53-80(71-40-21-22-41-72(71)81)59-29-25-30-60(51-59)83-61-42-43-67-66-38-19-20-39-70(66)82(73(67)52-61)74-50-57(44-45-79-74)77(4,5)6;/h10-50H,1-9H3;/q-2;. The summed E-state index contributed by atoms with van der Waals surface area (Å²) in [5.41, 5.74) is 13.7. The van der Waals surface area contributed by atoms with Crippen LogP contribution in [0.5, 0.6) is 11.5 Å². The van der Waals surface area contributed by atoms with Gasteiger partial charge in [0.15, 0.2) is 8.07 Å². The van der Waals surface area contributed by atoms with Crippen LogP contribution in [0.1, 0.15) is 79.0 Å². The maximum atomic E-state index is 6.81. The summed E-state index contributed by atoms with van der Waals surface area (Å²) in [4.78, 5) is 4.91. The van der Waals surface area contributed by atoms with Gasteiger partial charge in [-0.15, -0.1) is 29.7 Å². The molecule has 0 fully saturated rings. The van der Waals surface area contributed by atoms with Crippen molar-refractivity contribution in [3.63, 3.8) is 0 Å². The zero-order valence-electron chi connectivity index (χ0n) is 49.7. The summed E-state index contributed by atoms with van der Waals surface area (Å²) < 4.78 is 13.4. The number of ether oxygens (including phenoxy) is 1. The van der Waals surface area contributed by atoms with Crippen molar-refractivity contribution >= 4 is 61.7 Å². The SMILES string of the molecule is CC(C)(C)c1cccc(-c2cc(C(C)(C)C)cc(-c3cccc([Si](c4ccccc4)(c4ccccc4)c4ccccc4)c3)c2-[n+]2[c-]n(-c3[c-]c(Oc4[c-]c5c(cc4)c4ccccc4n5-c4cc(C(C)(C)C)ccn4)ccc3)c3ccccc32)c1.[Pt]. The number of aromatic nitrogens is 4. The summed E-state index contributed by atoms with van der Waals surface area (Å²) in [6, 6.07) is 96.1. The largest absolute Gasteiger partial charge is 0.510 e. The first-order valence-electron chi connectivity index (χ1n) is 29.2. The second-order valence-electron chi connectivity index (χ2n) is 25.3. The second kappa shape index (κ2) is 22.4. The van der Waals surface area contributed by atoms with Crippen LogP contribution in [0.4, 0.5) is 0 Å². The number of rotatable bonds is 11. The van der Waals surface area contributed by atoms with Crippen molar-refractivity contribution in [3.8, 4) is 50.9 Å². The number of hydrogen-bond donors (Lipinski definition) is 0. The quantitative estimate of drug-likeness (QED) is 0.0560. The van der Waals surface area contributed by atoms with Gasteiger partial charge in [0, 0.05) is 44.3 Å². The molecule has 5 nitrogen and oxygen atoms in total. The van der Waals surface area contributed by atoms with E-state index in [1.807, 2.05) is 24.4 Å². The number of para-hydroxylation sites is 3. The molecule has 0 aliphatic carbocycles. The zero-order valence-corrected chi connectivity index (χ0v) is 53.0. The van der Waals surface area contributed by atoms with Crippen LogP contribution in [0.2, 0.25) is 0 Å². The molecular weight excluding hydrogens is 1230 g/mol. The van der Waals surface area contributed by atoms with E-state index in [1.165, 1.54) is 37.4 Å². The molecule has 3 heterocycles. The van der Waals surface area contributed by atoms with Crippen LogP contribution in [0.15, 0.2) is 249 Å². The van der Waals surface area contributed by atoms with Crippen LogP contribution >= 0.6 is 0 Å². The molecule has 422 valence electrons. The first-order chi connectivity index (χ1) is 40.5. The van der Waals surface area contributed by atoms with Gasteiger partial charge in [0.1, 0.15) is 5.82 Å². The number of fused-ring (bicyclic) bond motifs is 4. The fourth-order valence-corrected chi connectivity index (χ4v) is 17.0. The Labute approximate surface area is 516 Å². The maximum absolute atomic E-state index is 6.81. The van der Waals surface area contributed by atoms with Crippen LogP contribution < -0.4 is 30.1 Å². The number of benzene rings is 10. The summed E-state index contributed by atoms with van der Waals surface area (Å²) in [5, 5.41) is 7.50.